The van der Waals surface area contributed by atoms with Gasteiger partial charge in [0.25, 0.3) is 5.91 Å². The molecule has 38 heavy (non-hydrogen) atoms. The van der Waals surface area contributed by atoms with Crippen LogP contribution in [-0.2, 0) is 22.6 Å². The first-order valence-corrected chi connectivity index (χ1v) is 13.2. The monoisotopic (exact) mass is 547 g/mol. The van der Waals surface area contributed by atoms with E-state index >= 15 is 4.39 Å². The fourth-order valence-corrected chi connectivity index (χ4v) is 5.47. The zero-order valence-corrected chi connectivity index (χ0v) is 23.3. The third-order valence-corrected chi connectivity index (χ3v) is 7.25. The van der Waals surface area contributed by atoms with Gasteiger partial charge in [-0.15, -0.1) is 0 Å². The quantitative estimate of drug-likeness (QED) is 0.332. The maximum Gasteiger partial charge on any atom is 0.306 e. The molecular formula is C28H35ClFN3O5. The molecule has 1 aliphatic heterocycles. The number of fused-ring (bicyclic) bond motifs is 1. The average molecular weight is 548 g/mol. The number of esters is 1. The standard InChI is InChI=1S/C28H35ClFN3O5/c1-28(2,3)38-22(34)12-16-8-6-7-9-20(16)31-26-24(30)19-15-33(27(35)23(19)25(29)32-26)14-17-10-11-18(36-4)13-21(17)37-5/h10-11,13,16,20H,6-9,12,14-15H2,1-5H3,(H,31,32)/t16-,20?/m1/s1. The molecule has 0 spiro atoms. The van der Waals surface area contributed by atoms with Crippen molar-refractivity contribution in [1.29, 1.82) is 0 Å². The van der Waals surface area contributed by atoms with Gasteiger partial charge < -0.3 is 24.4 Å². The minimum Gasteiger partial charge on any atom is -0.497 e. The van der Waals surface area contributed by atoms with E-state index in [0.29, 0.717) is 11.5 Å². The first-order chi connectivity index (χ1) is 18.0. The van der Waals surface area contributed by atoms with Crippen molar-refractivity contribution >= 4 is 29.3 Å². The number of benzene rings is 1. The number of hydrogen-bond acceptors (Lipinski definition) is 7. The van der Waals surface area contributed by atoms with Gasteiger partial charge in [-0.3, -0.25) is 9.59 Å². The van der Waals surface area contributed by atoms with Crippen LogP contribution in [-0.4, -0.2) is 47.6 Å². The summed E-state index contributed by atoms with van der Waals surface area (Å²) < 4.78 is 32.0. The number of methoxy groups -OCH3 is 2. The number of carbonyl (C=O) groups is 2. The highest BCUT2D eigenvalue weighted by molar-refractivity contribution is 6.33. The van der Waals surface area contributed by atoms with Gasteiger partial charge in [-0.1, -0.05) is 24.4 Å². The summed E-state index contributed by atoms with van der Waals surface area (Å²) in [6, 6.07) is 5.16. The maximum absolute atomic E-state index is 15.8. The predicted octanol–water partition coefficient (Wildman–Crippen LogP) is 5.75. The summed E-state index contributed by atoms with van der Waals surface area (Å²) in [6.07, 6.45) is 3.79. The summed E-state index contributed by atoms with van der Waals surface area (Å²) in [5, 5.41) is 3.16. The Labute approximate surface area is 227 Å². The molecule has 1 unspecified atom stereocenters. The molecule has 0 saturated heterocycles. The molecule has 1 N–H and O–H groups in total. The third kappa shape index (κ3) is 6.14. The number of halogens is 2. The highest BCUT2D eigenvalue weighted by atomic mass is 35.5. The van der Waals surface area contributed by atoms with Crippen molar-refractivity contribution in [1.82, 2.24) is 9.88 Å². The predicted molar refractivity (Wildman–Crippen MR) is 142 cm³/mol. The highest BCUT2D eigenvalue weighted by Crippen LogP contribution is 2.37. The van der Waals surface area contributed by atoms with Gasteiger partial charge in [0.15, 0.2) is 11.6 Å². The highest BCUT2D eigenvalue weighted by Gasteiger charge is 2.36. The number of hydrogen-bond donors (Lipinski definition) is 1. The Bertz CT molecular complexity index is 1220. The number of anilines is 1. The second kappa shape index (κ2) is 11.4. The average Bonchev–Trinajstić information content (AvgIpc) is 3.19. The van der Waals surface area contributed by atoms with Gasteiger partial charge in [-0.25, -0.2) is 9.37 Å². The summed E-state index contributed by atoms with van der Waals surface area (Å²) in [5.41, 5.74) is 0.481. The van der Waals surface area contributed by atoms with Crippen LogP contribution in [0.25, 0.3) is 0 Å². The molecule has 8 nitrogen and oxygen atoms in total. The van der Waals surface area contributed by atoms with E-state index in [9.17, 15) is 9.59 Å². The molecule has 2 heterocycles. The zero-order valence-electron chi connectivity index (χ0n) is 22.5. The summed E-state index contributed by atoms with van der Waals surface area (Å²) in [4.78, 5) is 31.4. The Morgan fingerprint density at radius 2 is 1.95 bits per heavy atom. The lowest BCUT2D eigenvalue weighted by Gasteiger charge is -2.33. The number of rotatable bonds is 8. The Morgan fingerprint density at radius 1 is 1.21 bits per heavy atom. The molecule has 206 valence electrons. The van der Waals surface area contributed by atoms with Crippen molar-refractivity contribution in [3.05, 3.63) is 45.9 Å². The molecule has 1 amide bonds. The number of amides is 1. The van der Waals surface area contributed by atoms with Gasteiger partial charge >= 0.3 is 5.97 Å². The van der Waals surface area contributed by atoms with Crippen LogP contribution in [0.2, 0.25) is 5.15 Å². The van der Waals surface area contributed by atoms with Crippen LogP contribution in [0.4, 0.5) is 10.2 Å². The van der Waals surface area contributed by atoms with Gasteiger partial charge in [0.1, 0.15) is 22.3 Å². The van der Waals surface area contributed by atoms with Gasteiger partial charge in [-0.2, -0.15) is 0 Å². The van der Waals surface area contributed by atoms with Gasteiger partial charge in [0, 0.05) is 29.8 Å². The van der Waals surface area contributed by atoms with Crippen LogP contribution in [0.5, 0.6) is 11.5 Å². The van der Waals surface area contributed by atoms with Crippen LogP contribution in [0.3, 0.4) is 0 Å². The summed E-state index contributed by atoms with van der Waals surface area (Å²) >= 11 is 6.44. The van der Waals surface area contributed by atoms with E-state index in [0.717, 1.165) is 31.2 Å². The molecule has 2 atom stereocenters. The third-order valence-electron chi connectivity index (χ3n) is 6.98. The number of nitrogens with zero attached hydrogens (tertiary/aromatic N) is 2. The lowest BCUT2D eigenvalue weighted by Crippen LogP contribution is -2.36. The molecule has 1 saturated carbocycles. The van der Waals surface area contributed by atoms with Crippen LogP contribution in [0.1, 0.15) is 74.4 Å². The van der Waals surface area contributed by atoms with E-state index < -0.39 is 11.4 Å². The molecule has 1 fully saturated rings. The van der Waals surface area contributed by atoms with Crippen LogP contribution < -0.4 is 14.8 Å². The number of nitrogens with one attached hydrogen (secondary N) is 1. The SMILES string of the molecule is COc1ccc(CN2Cc3c(F)c(NC4CCCC[C@@H]4CC(=O)OC(C)(C)C)nc(Cl)c3C2=O)c(OC)c1. The second-order valence-corrected chi connectivity index (χ2v) is 11.2. The van der Waals surface area contributed by atoms with Gasteiger partial charge in [0.05, 0.1) is 32.7 Å². The molecule has 10 heteroatoms. The van der Waals surface area contributed by atoms with Crippen molar-refractivity contribution in [3.63, 3.8) is 0 Å². The van der Waals surface area contributed by atoms with E-state index in [1.165, 1.54) is 4.90 Å². The topological polar surface area (TPSA) is 90.0 Å². The first-order valence-electron chi connectivity index (χ1n) is 12.9. The maximum atomic E-state index is 15.8. The van der Waals surface area contributed by atoms with Crippen molar-refractivity contribution < 1.29 is 28.2 Å². The molecule has 1 aromatic heterocycles. The number of carbonyl (C=O) groups excluding carboxylic acids is 2. The lowest BCUT2D eigenvalue weighted by molar-refractivity contribution is -0.156. The van der Waals surface area contributed by atoms with Crippen molar-refractivity contribution in [3.8, 4) is 11.5 Å². The minimum atomic E-state index is -0.594. The lowest BCUT2D eigenvalue weighted by atomic mass is 9.82. The number of pyridine rings is 1. The molecular weight excluding hydrogens is 513 g/mol. The van der Waals surface area contributed by atoms with Crippen molar-refractivity contribution in [2.45, 2.75) is 77.6 Å². The van der Waals surface area contributed by atoms with Gasteiger partial charge in [-0.05, 0) is 51.7 Å². The molecule has 2 aliphatic rings. The Morgan fingerprint density at radius 3 is 2.63 bits per heavy atom. The van der Waals surface area contributed by atoms with E-state index in [1.54, 1.807) is 26.4 Å². The summed E-state index contributed by atoms with van der Waals surface area (Å²) in [7, 11) is 3.10. The van der Waals surface area contributed by atoms with Crippen molar-refractivity contribution in [2.24, 2.45) is 5.92 Å². The second-order valence-electron chi connectivity index (χ2n) is 10.8. The molecule has 2 aromatic rings. The van der Waals surface area contributed by atoms with Crippen LogP contribution >= 0.6 is 11.6 Å². The fraction of sp³-hybridized carbons (Fsp3) is 0.536. The zero-order chi connectivity index (χ0) is 27.6. The van der Waals surface area contributed by atoms with Gasteiger partial charge in [0.2, 0.25) is 0 Å². The van der Waals surface area contributed by atoms with Crippen LogP contribution in [0, 0.1) is 11.7 Å². The smallest absolute Gasteiger partial charge is 0.306 e. The minimum absolute atomic E-state index is 0.00603. The Kier molecular flexibility index (Phi) is 8.35. The molecule has 4 rings (SSSR count). The first kappa shape index (κ1) is 28.0. The Balaban J connectivity index is 1.53. The molecule has 0 bridgehead atoms. The molecule has 1 aromatic carbocycles. The molecule has 1 aliphatic carbocycles. The summed E-state index contributed by atoms with van der Waals surface area (Å²) in [5.74, 6) is -0.0764. The summed E-state index contributed by atoms with van der Waals surface area (Å²) in [6.45, 7) is 5.77. The van der Waals surface area contributed by atoms with E-state index in [4.69, 9.17) is 25.8 Å². The largest absolute Gasteiger partial charge is 0.497 e. The van der Waals surface area contributed by atoms with Crippen LogP contribution in [0.15, 0.2) is 18.2 Å². The van der Waals surface area contributed by atoms with E-state index in [2.05, 4.69) is 10.3 Å². The number of ether oxygens (including phenoxy) is 3. The fourth-order valence-electron chi connectivity index (χ4n) is 5.19. The number of aromatic nitrogens is 1. The van der Waals surface area contributed by atoms with E-state index in [-0.39, 0.29) is 65.4 Å². The molecule has 0 radical (unpaired) electrons. The Hall–Kier alpha value is -3.07. The van der Waals surface area contributed by atoms with Crippen molar-refractivity contribution in [2.75, 3.05) is 19.5 Å². The normalized spacial score (nSPS) is 19.2. The van der Waals surface area contributed by atoms with E-state index in [1.807, 2.05) is 26.8 Å².